The van der Waals surface area contributed by atoms with Crippen molar-refractivity contribution in [3.05, 3.63) is 0 Å². The van der Waals surface area contributed by atoms with Gasteiger partial charge in [0.05, 0.1) is 16.8 Å². The Morgan fingerprint density at radius 3 is 1.75 bits per heavy atom. The van der Waals surface area contributed by atoms with Crippen LogP contribution in [0.25, 0.3) is 0 Å². The predicted molar refractivity (Wildman–Crippen MR) is 46.9 cm³/mol. The quantitative estimate of drug-likeness (QED) is 0.657. The molecule has 2 N–H and O–H groups in total. The first kappa shape index (κ1) is 11.9. The van der Waals surface area contributed by atoms with Crippen molar-refractivity contribution in [2.75, 3.05) is 11.5 Å². The van der Waals surface area contributed by atoms with E-state index in [0.29, 0.717) is 0 Å². The van der Waals surface area contributed by atoms with Crippen molar-refractivity contribution in [2.24, 2.45) is 5.14 Å². The molecule has 0 bridgehead atoms. The van der Waals surface area contributed by atoms with Crippen LogP contribution in [-0.4, -0.2) is 33.6 Å². The Hall–Kier alpha value is -0.140. The highest BCUT2D eigenvalue weighted by Gasteiger charge is 2.18. The maximum absolute atomic E-state index is 11.1. The van der Waals surface area contributed by atoms with Crippen LogP contribution >= 0.6 is 0 Å². The third-order valence-electron chi connectivity index (χ3n) is 1.37. The van der Waals surface area contributed by atoms with E-state index in [9.17, 15) is 16.8 Å². The first-order chi connectivity index (χ1) is 5.15. The van der Waals surface area contributed by atoms with Gasteiger partial charge < -0.3 is 0 Å². The van der Waals surface area contributed by atoms with Gasteiger partial charge in [0.1, 0.15) is 0 Å². The molecule has 0 amide bonds. The fourth-order valence-corrected chi connectivity index (χ4v) is 2.80. The number of sulfone groups is 1. The summed E-state index contributed by atoms with van der Waals surface area (Å²) in [5.41, 5.74) is 0. The van der Waals surface area contributed by atoms with E-state index >= 15 is 0 Å². The standard InChI is InChI=1S/C5H13NO4S2/c1-5(2)11(7,8)3-4-12(6,9)10/h5H,3-4H2,1-2H3,(H2,6,9,10). The molecule has 0 fully saturated rings. The summed E-state index contributed by atoms with van der Waals surface area (Å²) in [7, 11) is -6.96. The molecule has 12 heavy (non-hydrogen) atoms. The molecule has 0 aromatic heterocycles. The Kier molecular flexibility index (Phi) is 3.67. The van der Waals surface area contributed by atoms with E-state index in [1.54, 1.807) is 0 Å². The highest BCUT2D eigenvalue weighted by Crippen LogP contribution is 2.00. The minimum Gasteiger partial charge on any atom is -0.229 e. The van der Waals surface area contributed by atoms with Gasteiger partial charge in [0.25, 0.3) is 0 Å². The monoisotopic (exact) mass is 215 g/mol. The number of rotatable bonds is 4. The lowest BCUT2D eigenvalue weighted by Crippen LogP contribution is -2.27. The summed E-state index contributed by atoms with van der Waals surface area (Å²) in [6.07, 6.45) is 0. The number of nitrogens with two attached hydrogens (primary N) is 1. The Balaban J connectivity index is 4.32. The molecule has 0 rings (SSSR count). The predicted octanol–water partition coefficient (Wildman–Crippen LogP) is -0.902. The summed E-state index contributed by atoms with van der Waals surface area (Å²) in [4.78, 5) is 0. The molecule has 5 nitrogen and oxygen atoms in total. The van der Waals surface area contributed by atoms with Crippen LogP contribution in [0.5, 0.6) is 0 Å². The summed E-state index contributed by atoms with van der Waals surface area (Å²) in [5, 5.41) is 4.09. The minimum absolute atomic E-state index is 0.399. The van der Waals surface area contributed by atoms with Crippen LogP contribution in [-0.2, 0) is 19.9 Å². The van der Waals surface area contributed by atoms with Crippen molar-refractivity contribution in [3.8, 4) is 0 Å². The Bertz CT molecular complexity index is 326. The molecule has 0 aromatic carbocycles. The summed E-state index contributed by atoms with van der Waals surface area (Å²) in [6, 6.07) is 0. The molecule has 0 heterocycles. The van der Waals surface area contributed by atoms with E-state index in [4.69, 9.17) is 0 Å². The lowest BCUT2D eigenvalue weighted by Gasteiger charge is -2.05. The van der Waals surface area contributed by atoms with Gasteiger partial charge in [-0.3, -0.25) is 0 Å². The lowest BCUT2D eigenvalue weighted by molar-refractivity contribution is 0.583. The molecule has 0 aliphatic rings. The Morgan fingerprint density at radius 1 is 1.08 bits per heavy atom. The fraction of sp³-hybridized carbons (Fsp3) is 1.00. The minimum atomic E-state index is -3.67. The van der Waals surface area contributed by atoms with Crippen molar-refractivity contribution < 1.29 is 16.8 Å². The molecular formula is C5H13NO4S2. The van der Waals surface area contributed by atoms with E-state index in [2.05, 4.69) is 5.14 Å². The van der Waals surface area contributed by atoms with Crippen LogP contribution in [0.15, 0.2) is 0 Å². The van der Waals surface area contributed by atoms with Crippen LogP contribution in [0.4, 0.5) is 0 Å². The maximum Gasteiger partial charge on any atom is 0.210 e. The van der Waals surface area contributed by atoms with Crippen molar-refractivity contribution in [2.45, 2.75) is 19.1 Å². The highest BCUT2D eigenvalue weighted by molar-refractivity contribution is 7.94. The molecule has 0 aliphatic heterocycles. The van der Waals surface area contributed by atoms with E-state index in [-0.39, 0.29) is 0 Å². The Morgan fingerprint density at radius 2 is 1.50 bits per heavy atom. The lowest BCUT2D eigenvalue weighted by atomic mass is 10.6. The summed E-state index contributed by atoms with van der Waals surface area (Å²) in [6.45, 7) is 3.00. The van der Waals surface area contributed by atoms with E-state index in [0.717, 1.165) is 0 Å². The molecule has 0 spiro atoms. The molecule has 0 radical (unpaired) electrons. The molecule has 0 aromatic rings. The van der Waals surface area contributed by atoms with Crippen LogP contribution < -0.4 is 5.14 Å². The SMILES string of the molecule is CC(C)S(=O)(=O)CCS(N)(=O)=O. The normalized spacial score (nSPS) is 13.7. The first-order valence-corrected chi connectivity index (χ1v) is 6.80. The second kappa shape index (κ2) is 3.71. The number of hydrogen-bond acceptors (Lipinski definition) is 4. The maximum atomic E-state index is 11.1. The second-order valence-electron chi connectivity index (χ2n) is 2.78. The average molecular weight is 215 g/mol. The van der Waals surface area contributed by atoms with Gasteiger partial charge in [-0.2, -0.15) is 0 Å². The molecule has 0 atom stereocenters. The van der Waals surface area contributed by atoms with Crippen LogP contribution in [0.1, 0.15) is 13.8 Å². The third-order valence-corrected chi connectivity index (χ3v) is 4.61. The molecule has 0 aliphatic carbocycles. The van der Waals surface area contributed by atoms with E-state index in [1.165, 1.54) is 13.8 Å². The van der Waals surface area contributed by atoms with Gasteiger partial charge in [-0.05, 0) is 13.8 Å². The molecule has 0 saturated heterocycles. The van der Waals surface area contributed by atoms with Crippen LogP contribution in [0.2, 0.25) is 0 Å². The fourth-order valence-electron chi connectivity index (χ4n) is 0.468. The van der Waals surface area contributed by atoms with Gasteiger partial charge in [-0.1, -0.05) is 0 Å². The second-order valence-corrected chi connectivity index (χ2v) is 7.19. The topological polar surface area (TPSA) is 94.3 Å². The van der Waals surface area contributed by atoms with Gasteiger partial charge in [0.2, 0.25) is 10.0 Å². The molecule has 0 saturated carbocycles. The smallest absolute Gasteiger partial charge is 0.210 e. The average Bonchev–Trinajstić information content (AvgIpc) is 1.82. The zero-order valence-electron chi connectivity index (χ0n) is 7.02. The van der Waals surface area contributed by atoms with Crippen molar-refractivity contribution in [1.82, 2.24) is 0 Å². The number of sulfonamides is 1. The summed E-state index contributed by atoms with van der Waals surface area (Å²) < 4.78 is 42.9. The summed E-state index contributed by atoms with van der Waals surface area (Å²) >= 11 is 0. The zero-order chi connectivity index (χ0) is 9.99. The molecular weight excluding hydrogens is 202 g/mol. The van der Waals surface area contributed by atoms with Crippen molar-refractivity contribution in [3.63, 3.8) is 0 Å². The van der Waals surface area contributed by atoms with Gasteiger partial charge in [-0.25, -0.2) is 22.0 Å². The van der Waals surface area contributed by atoms with Crippen molar-refractivity contribution >= 4 is 19.9 Å². The summed E-state index contributed by atoms with van der Waals surface area (Å²) in [5.74, 6) is -0.906. The van der Waals surface area contributed by atoms with Gasteiger partial charge in [-0.15, -0.1) is 0 Å². The third kappa shape index (κ3) is 4.68. The van der Waals surface area contributed by atoms with Crippen molar-refractivity contribution in [1.29, 1.82) is 0 Å². The first-order valence-electron chi connectivity index (χ1n) is 3.37. The number of hydrogen-bond donors (Lipinski definition) is 1. The van der Waals surface area contributed by atoms with Crippen LogP contribution in [0, 0.1) is 0 Å². The van der Waals surface area contributed by atoms with E-state index in [1.807, 2.05) is 0 Å². The van der Waals surface area contributed by atoms with Gasteiger partial charge in [0, 0.05) is 0 Å². The van der Waals surface area contributed by atoms with E-state index < -0.39 is 36.6 Å². The van der Waals surface area contributed by atoms with Crippen LogP contribution in [0.3, 0.4) is 0 Å². The molecule has 7 heteroatoms. The molecule has 0 unspecified atom stereocenters. The molecule has 74 valence electrons. The highest BCUT2D eigenvalue weighted by atomic mass is 32.2. The van der Waals surface area contributed by atoms with Gasteiger partial charge >= 0.3 is 0 Å². The Labute approximate surface area is 72.9 Å². The number of primary sulfonamides is 1. The van der Waals surface area contributed by atoms with Gasteiger partial charge in [0.15, 0.2) is 9.84 Å². The zero-order valence-corrected chi connectivity index (χ0v) is 8.65. The largest absolute Gasteiger partial charge is 0.229 e.